The minimum absolute atomic E-state index is 0.369. The highest BCUT2D eigenvalue weighted by molar-refractivity contribution is 5.82. The fourth-order valence-electron chi connectivity index (χ4n) is 1.51. The van der Waals surface area contributed by atoms with Crippen molar-refractivity contribution in [2.45, 2.75) is 20.3 Å². The normalized spacial score (nSPS) is 19.8. The summed E-state index contributed by atoms with van der Waals surface area (Å²) in [5.41, 5.74) is 5.75. The number of amidine groups is 1. The maximum atomic E-state index is 5.75. The third-order valence-corrected chi connectivity index (χ3v) is 2.62. The van der Waals surface area contributed by atoms with E-state index in [9.17, 15) is 0 Å². The molecule has 1 heterocycles. The van der Waals surface area contributed by atoms with Crippen molar-refractivity contribution in [3.05, 3.63) is 0 Å². The first-order valence-corrected chi connectivity index (χ1v) is 5.80. The molecule has 0 atom stereocenters. The summed E-state index contributed by atoms with van der Waals surface area (Å²) >= 11 is 0. The van der Waals surface area contributed by atoms with Gasteiger partial charge in [0.25, 0.3) is 0 Å². The van der Waals surface area contributed by atoms with Crippen molar-refractivity contribution in [2.75, 3.05) is 39.4 Å². The Bertz CT molecular complexity index is 198. The number of nitrogens with two attached hydrogens (primary N) is 1. The topological polar surface area (TPSA) is 50.8 Å². The van der Waals surface area contributed by atoms with Gasteiger partial charge in [0, 0.05) is 32.1 Å². The molecule has 0 radical (unpaired) electrons. The first-order chi connectivity index (χ1) is 7.20. The molecule has 4 heteroatoms. The molecule has 1 saturated heterocycles. The Labute approximate surface area is 92.5 Å². The molecule has 0 aromatic heterocycles. The number of rotatable bonds is 5. The van der Waals surface area contributed by atoms with Crippen molar-refractivity contribution in [1.82, 2.24) is 4.90 Å². The number of hydrogen-bond donors (Lipinski definition) is 1. The van der Waals surface area contributed by atoms with Crippen molar-refractivity contribution in [1.29, 1.82) is 0 Å². The van der Waals surface area contributed by atoms with Crippen LogP contribution in [0, 0.1) is 5.92 Å². The van der Waals surface area contributed by atoms with E-state index >= 15 is 0 Å². The Kier molecular flexibility index (Phi) is 5.65. The fourth-order valence-corrected chi connectivity index (χ4v) is 1.51. The van der Waals surface area contributed by atoms with Crippen LogP contribution in [0.1, 0.15) is 20.3 Å². The smallest absolute Gasteiger partial charge is 0.0962 e. The molecular weight excluding hydrogens is 190 g/mol. The molecule has 1 aliphatic heterocycles. The maximum Gasteiger partial charge on any atom is 0.0962 e. The minimum atomic E-state index is 0.369. The molecule has 0 aromatic rings. The van der Waals surface area contributed by atoms with Gasteiger partial charge in [-0.3, -0.25) is 9.89 Å². The number of nitrogens with zero attached hydrogens (tertiary/aromatic N) is 2. The molecule has 1 fully saturated rings. The van der Waals surface area contributed by atoms with E-state index in [-0.39, 0.29) is 0 Å². The molecular formula is C11H23N3O. The van der Waals surface area contributed by atoms with Crippen LogP contribution in [0.5, 0.6) is 0 Å². The number of ether oxygens (including phenoxy) is 1. The molecule has 1 rings (SSSR count). The van der Waals surface area contributed by atoms with E-state index in [0.717, 1.165) is 51.6 Å². The zero-order chi connectivity index (χ0) is 11.1. The van der Waals surface area contributed by atoms with Crippen LogP contribution in [-0.4, -0.2) is 50.1 Å². The lowest BCUT2D eigenvalue weighted by Gasteiger charge is -2.26. The summed E-state index contributed by atoms with van der Waals surface area (Å²) in [7, 11) is 0. The van der Waals surface area contributed by atoms with Crippen LogP contribution in [0.4, 0.5) is 0 Å². The fraction of sp³-hybridized carbons (Fsp3) is 0.909. The van der Waals surface area contributed by atoms with E-state index < -0.39 is 0 Å². The van der Waals surface area contributed by atoms with Crippen LogP contribution >= 0.6 is 0 Å². The van der Waals surface area contributed by atoms with Gasteiger partial charge in [-0.05, 0) is 6.42 Å². The lowest BCUT2D eigenvalue weighted by Crippen LogP contribution is -2.37. The highest BCUT2D eigenvalue weighted by Crippen LogP contribution is 1.98. The van der Waals surface area contributed by atoms with E-state index in [2.05, 4.69) is 23.7 Å². The number of aliphatic imine (C=N–C) groups is 1. The predicted molar refractivity (Wildman–Crippen MR) is 63.2 cm³/mol. The van der Waals surface area contributed by atoms with Crippen molar-refractivity contribution >= 4 is 5.84 Å². The summed E-state index contributed by atoms with van der Waals surface area (Å²) in [4.78, 5) is 6.77. The van der Waals surface area contributed by atoms with Gasteiger partial charge in [-0.15, -0.1) is 0 Å². The zero-order valence-electron chi connectivity index (χ0n) is 9.91. The van der Waals surface area contributed by atoms with Gasteiger partial charge >= 0.3 is 0 Å². The summed E-state index contributed by atoms with van der Waals surface area (Å²) < 4.78 is 5.29. The van der Waals surface area contributed by atoms with Gasteiger partial charge in [-0.25, -0.2) is 0 Å². The maximum absolute atomic E-state index is 5.75. The Morgan fingerprint density at radius 2 is 2.07 bits per heavy atom. The number of hydrogen-bond acceptors (Lipinski definition) is 3. The van der Waals surface area contributed by atoms with Crippen molar-refractivity contribution in [2.24, 2.45) is 16.6 Å². The third-order valence-electron chi connectivity index (χ3n) is 2.62. The first kappa shape index (κ1) is 12.5. The number of morpholine rings is 1. The first-order valence-electron chi connectivity index (χ1n) is 5.80. The second-order valence-corrected chi connectivity index (χ2v) is 4.27. The van der Waals surface area contributed by atoms with E-state index in [0.29, 0.717) is 5.92 Å². The Morgan fingerprint density at radius 1 is 1.40 bits per heavy atom. The molecule has 0 bridgehead atoms. The largest absolute Gasteiger partial charge is 0.387 e. The lowest BCUT2D eigenvalue weighted by atomic mass is 10.2. The monoisotopic (exact) mass is 213 g/mol. The second-order valence-electron chi connectivity index (χ2n) is 4.27. The van der Waals surface area contributed by atoms with Crippen LogP contribution < -0.4 is 5.73 Å². The minimum Gasteiger partial charge on any atom is -0.387 e. The van der Waals surface area contributed by atoms with Gasteiger partial charge in [-0.2, -0.15) is 0 Å². The molecule has 1 aliphatic rings. The molecule has 0 unspecified atom stereocenters. The molecule has 88 valence electrons. The van der Waals surface area contributed by atoms with Crippen LogP contribution in [0.25, 0.3) is 0 Å². The average Bonchev–Trinajstić information content (AvgIpc) is 2.25. The van der Waals surface area contributed by atoms with Gasteiger partial charge in [0.15, 0.2) is 0 Å². The second kappa shape index (κ2) is 6.80. The van der Waals surface area contributed by atoms with Gasteiger partial charge in [-0.1, -0.05) is 13.8 Å². The summed E-state index contributed by atoms with van der Waals surface area (Å²) in [6.45, 7) is 9.96. The summed E-state index contributed by atoms with van der Waals surface area (Å²) in [6.07, 6.45) is 1.09. The molecule has 0 spiro atoms. The third kappa shape index (κ3) is 5.14. The van der Waals surface area contributed by atoms with E-state index in [1.807, 2.05) is 0 Å². The highest BCUT2D eigenvalue weighted by Gasteiger charge is 2.08. The van der Waals surface area contributed by atoms with Crippen molar-refractivity contribution < 1.29 is 4.74 Å². The highest BCUT2D eigenvalue weighted by atomic mass is 16.5. The molecule has 0 aromatic carbocycles. The molecule has 0 amide bonds. The molecule has 15 heavy (non-hydrogen) atoms. The molecule has 0 aliphatic carbocycles. The van der Waals surface area contributed by atoms with Gasteiger partial charge in [0.2, 0.25) is 0 Å². The molecule has 4 nitrogen and oxygen atoms in total. The van der Waals surface area contributed by atoms with E-state index in [1.54, 1.807) is 0 Å². The van der Waals surface area contributed by atoms with E-state index in [4.69, 9.17) is 10.5 Å². The summed E-state index contributed by atoms with van der Waals surface area (Å²) in [5, 5.41) is 0. The van der Waals surface area contributed by atoms with E-state index in [1.165, 1.54) is 0 Å². The molecule has 0 saturated carbocycles. The SMILES string of the molecule is CC(C)C(N)=NCCCN1CCOCC1. The molecule has 2 N–H and O–H groups in total. The summed E-state index contributed by atoms with van der Waals surface area (Å²) in [5.74, 6) is 1.14. The summed E-state index contributed by atoms with van der Waals surface area (Å²) in [6, 6.07) is 0. The Hall–Kier alpha value is -0.610. The van der Waals surface area contributed by atoms with Gasteiger partial charge in [0.1, 0.15) is 0 Å². The zero-order valence-corrected chi connectivity index (χ0v) is 9.91. The Morgan fingerprint density at radius 3 is 2.67 bits per heavy atom. The van der Waals surface area contributed by atoms with Crippen LogP contribution in [0.2, 0.25) is 0 Å². The van der Waals surface area contributed by atoms with Crippen LogP contribution in [0.15, 0.2) is 4.99 Å². The predicted octanol–water partition coefficient (Wildman–Crippen LogP) is 0.722. The van der Waals surface area contributed by atoms with Crippen molar-refractivity contribution in [3.63, 3.8) is 0 Å². The Balaban J connectivity index is 2.07. The van der Waals surface area contributed by atoms with Gasteiger partial charge < -0.3 is 10.5 Å². The average molecular weight is 213 g/mol. The van der Waals surface area contributed by atoms with Crippen LogP contribution in [0.3, 0.4) is 0 Å². The standard InChI is InChI=1S/C11H23N3O/c1-10(2)11(12)13-4-3-5-14-6-8-15-9-7-14/h10H,3-9H2,1-2H3,(H2,12,13). The van der Waals surface area contributed by atoms with Gasteiger partial charge in [0.05, 0.1) is 19.0 Å². The quantitative estimate of drug-likeness (QED) is 0.416. The van der Waals surface area contributed by atoms with Crippen molar-refractivity contribution in [3.8, 4) is 0 Å². The van der Waals surface area contributed by atoms with Crippen LogP contribution in [-0.2, 0) is 4.74 Å². The lowest BCUT2D eigenvalue weighted by molar-refractivity contribution is 0.0377.